The van der Waals surface area contributed by atoms with Crippen LogP contribution < -0.4 is 10.6 Å². The van der Waals surface area contributed by atoms with Gasteiger partial charge in [0.1, 0.15) is 0 Å². The van der Waals surface area contributed by atoms with E-state index in [1.165, 1.54) is 43.8 Å². The van der Waals surface area contributed by atoms with E-state index in [1.807, 2.05) is 26.0 Å². The van der Waals surface area contributed by atoms with Gasteiger partial charge in [0.2, 0.25) is 21.8 Å². The predicted octanol–water partition coefficient (Wildman–Crippen LogP) is 4.08. The van der Waals surface area contributed by atoms with E-state index in [1.54, 1.807) is 0 Å². The van der Waals surface area contributed by atoms with Crippen molar-refractivity contribution in [1.29, 1.82) is 0 Å². The van der Waals surface area contributed by atoms with Gasteiger partial charge in [-0.05, 0) is 46.7 Å². The number of carbonyl (C=O) groups is 2. The quantitative estimate of drug-likeness (QED) is 0.604. The summed E-state index contributed by atoms with van der Waals surface area (Å²) < 4.78 is 26.8. The van der Waals surface area contributed by atoms with Crippen LogP contribution in [-0.4, -0.2) is 38.1 Å². The first-order chi connectivity index (χ1) is 15.2. The van der Waals surface area contributed by atoms with Crippen LogP contribution in [0.25, 0.3) is 0 Å². The lowest BCUT2D eigenvalue weighted by molar-refractivity contribution is -0.122. The Labute approximate surface area is 197 Å². The van der Waals surface area contributed by atoms with Crippen molar-refractivity contribution < 1.29 is 18.0 Å². The second-order valence-electron chi connectivity index (χ2n) is 9.63. The number of amides is 2. The summed E-state index contributed by atoms with van der Waals surface area (Å²) >= 11 is 0. The highest BCUT2D eigenvalue weighted by Gasteiger charge is 2.25. The van der Waals surface area contributed by atoms with Crippen molar-refractivity contribution in [3.63, 3.8) is 0 Å². The molecule has 0 saturated carbocycles. The maximum atomic E-state index is 12.9. The van der Waals surface area contributed by atoms with Gasteiger partial charge < -0.3 is 10.6 Å². The zero-order valence-electron chi connectivity index (χ0n) is 20.5. The Morgan fingerprint density at radius 1 is 0.970 bits per heavy atom. The third kappa shape index (κ3) is 7.14. The first kappa shape index (κ1) is 26.5. The number of benzene rings is 2. The van der Waals surface area contributed by atoms with Crippen molar-refractivity contribution in [2.24, 2.45) is 5.92 Å². The Balaban J connectivity index is 2.11. The molecule has 33 heavy (non-hydrogen) atoms. The van der Waals surface area contributed by atoms with Crippen LogP contribution in [0.1, 0.15) is 58.7 Å². The first-order valence-electron chi connectivity index (χ1n) is 11.0. The summed E-state index contributed by atoms with van der Waals surface area (Å²) in [4.78, 5) is 23.9. The molecule has 7 nitrogen and oxygen atoms in total. The van der Waals surface area contributed by atoms with Crippen LogP contribution in [0, 0.1) is 5.92 Å². The third-order valence-corrected chi connectivity index (χ3v) is 7.19. The Kier molecular flexibility index (Phi) is 8.43. The molecule has 1 atom stereocenters. The molecule has 8 heteroatoms. The van der Waals surface area contributed by atoms with E-state index in [0.29, 0.717) is 5.69 Å². The number of rotatable bonds is 8. The fourth-order valence-electron chi connectivity index (χ4n) is 3.43. The highest BCUT2D eigenvalue weighted by Crippen LogP contribution is 2.27. The number of hydrogen-bond acceptors (Lipinski definition) is 4. The normalized spacial score (nSPS) is 13.1. The van der Waals surface area contributed by atoms with Crippen LogP contribution in [0.5, 0.6) is 0 Å². The molecular weight excluding hydrogens is 438 g/mol. The molecule has 0 bridgehead atoms. The summed E-state index contributed by atoms with van der Waals surface area (Å²) in [5, 5.41) is 5.58. The zero-order valence-corrected chi connectivity index (χ0v) is 21.3. The molecule has 0 aromatic heterocycles. The minimum absolute atomic E-state index is 0.0342. The number of nitrogens with one attached hydrogen (secondary N) is 2. The summed E-state index contributed by atoms with van der Waals surface area (Å²) in [5.41, 5.74) is 2.71. The Morgan fingerprint density at radius 3 is 1.97 bits per heavy atom. The minimum atomic E-state index is -3.86. The second kappa shape index (κ2) is 10.5. The molecule has 0 radical (unpaired) electrons. The molecule has 0 spiro atoms. The van der Waals surface area contributed by atoms with Crippen LogP contribution in [0.15, 0.2) is 53.4 Å². The summed E-state index contributed by atoms with van der Waals surface area (Å²) in [6, 6.07) is 13.8. The molecule has 180 valence electrons. The Hall–Kier alpha value is -2.71. The zero-order chi connectivity index (χ0) is 25.0. The lowest BCUT2D eigenvalue weighted by Gasteiger charge is -2.26. The molecule has 0 aliphatic heterocycles. The van der Waals surface area contributed by atoms with E-state index in [0.717, 1.165) is 9.87 Å². The summed E-state index contributed by atoms with van der Waals surface area (Å²) in [6.45, 7) is 11.5. The van der Waals surface area contributed by atoms with Gasteiger partial charge >= 0.3 is 0 Å². The van der Waals surface area contributed by atoms with Gasteiger partial charge in [-0.2, -0.15) is 4.31 Å². The maximum absolute atomic E-state index is 12.9. The molecule has 0 saturated heterocycles. The number of sulfonamides is 1. The van der Waals surface area contributed by atoms with Gasteiger partial charge in [-0.15, -0.1) is 0 Å². The smallest absolute Gasteiger partial charge is 0.243 e. The molecule has 2 rings (SSSR count). The number of likely N-dealkylation sites (N-methyl/N-ethyl adjacent to an activating group) is 1. The van der Waals surface area contributed by atoms with Gasteiger partial charge in [-0.1, -0.05) is 58.9 Å². The van der Waals surface area contributed by atoms with Gasteiger partial charge in [0.25, 0.3) is 0 Å². The topological polar surface area (TPSA) is 95.6 Å². The van der Waals surface area contributed by atoms with Crippen LogP contribution in [0.3, 0.4) is 0 Å². The van der Waals surface area contributed by atoms with E-state index < -0.39 is 10.0 Å². The number of anilines is 1. The minimum Gasteiger partial charge on any atom is -0.348 e. The number of carbonyl (C=O) groups excluding carboxylic acids is 2. The molecule has 0 aliphatic rings. The third-order valence-electron chi connectivity index (χ3n) is 5.37. The van der Waals surface area contributed by atoms with Crippen LogP contribution in [-0.2, 0) is 25.0 Å². The largest absolute Gasteiger partial charge is 0.348 e. The van der Waals surface area contributed by atoms with E-state index in [4.69, 9.17) is 0 Å². The van der Waals surface area contributed by atoms with Crippen LogP contribution >= 0.6 is 0 Å². The van der Waals surface area contributed by atoms with Gasteiger partial charge in [0.05, 0.1) is 17.5 Å². The highest BCUT2D eigenvalue weighted by molar-refractivity contribution is 7.89. The van der Waals surface area contributed by atoms with Crippen molar-refractivity contribution in [3.8, 4) is 0 Å². The van der Waals surface area contributed by atoms with Crippen molar-refractivity contribution in [2.45, 2.75) is 57.9 Å². The average molecular weight is 474 g/mol. The van der Waals surface area contributed by atoms with Crippen molar-refractivity contribution in [2.75, 3.05) is 18.9 Å². The van der Waals surface area contributed by atoms with Crippen molar-refractivity contribution in [3.05, 3.63) is 59.7 Å². The predicted molar refractivity (Wildman–Crippen MR) is 131 cm³/mol. The molecule has 2 aromatic carbocycles. The molecule has 2 N–H and O–H groups in total. The fourth-order valence-corrected chi connectivity index (χ4v) is 4.55. The van der Waals surface area contributed by atoms with E-state index >= 15 is 0 Å². The van der Waals surface area contributed by atoms with E-state index in [2.05, 4.69) is 43.5 Å². The monoisotopic (exact) mass is 473 g/mol. The first-order valence-corrected chi connectivity index (χ1v) is 12.4. The average Bonchev–Trinajstić information content (AvgIpc) is 2.71. The summed E-state index contributed by atoms with van der Waals surface area (Å²) in [7, 11) is -2.49. The second-order valence-corrected chi connectivity index (χ2v) is 11.7. The van der Waals surface area contributed by atoms with Gasteiger partial charge in [0, 0.05) is 19.7 Å². The molecule has 0 heterocycles. The molecule has 0 unspecified atom stereocenters. The molecule has 0 aliphatic carbocycles. The van der Waals surface area contributed by atoms with Crippen LogP contribution in [0.2, 0.25) is 0 Å². The van der Waals surface area contributed by atoms with Gasteiger partial charge in [-0.3, -0.25) is 9.59 Å². The van der Waals surface area contributed by atoms with Gasteiger partial charge in [-0.25, -0.2) is 8.42 Å². The van der Waals surface area contributed by atoms with Crippen molar-refractivity contribution in [1.82, 2.24) is 9.62 Å². The number of hydrogen-bond donors (Lipinski definition) is 2. The summed E-state index contributed by atoms with van der Waals surface area (Å²) in [6.07, 6.45) is 0. The Bertz CT molecular complexity index is 1070. The maximum Gasteiger partial charge on any atom is 0.243 e. The standard InChI is InChI=1S/C25H35N3O4S/c1-17(2)24(19-8-10-20(11-9-19)25(4,5)6)27-23(30)16-28(7)33(31,32)22-14-12-21(13-15-22)26-18(3)29/h8-15,17,24H,16H2,1-7H3,(H,26,29)(H,27,30)/t24-/m1/s1. The molecule has 2 amide bonds. The molecule has 0 fully saturated rings. The lowest BCUT2D eigenvalue weighted by Crippen LogP contribution is -2.41. The number of nitrogens with zero attached hydrogens (tertiary/aromatic N) is 1. The Morgan fingerprint density at radius 2 is 1.52 bits per heavy atom. The van der Waals surface area contributed by atoms with E-state index in [9.17, 15) is 18.0 Å². The van der Waals surface area contributed by atoms with E-state index in [-0.39, 0.29) is 40.6 Å². The fraction of sp³-hybridized carbons (Fsp3) is 0.440. The highest BCUT2D eigenvalue weighted by atomic mass is 32.2. The lowest BCUT2D eigenvalue weighted by atomic mass is 9.85. The SMILES string of the molecule is CC(=O)Nc1ccc(S(=O)(=O)N(C)CC(=O)N[C@@H](c2ccc(C(C)(C)C)cc2)C(C)C)cc1. The molecular formula is C25H35N3O4S. The van der Waals surface area contributed by atoms with Gasteiger partial charge in [0.15, 0.2) is 0 Å². The summed E-state index contributed by atoms with van der Waals surface area (Å²) in [5.74, 6) is -0.501. The molecule has 2 aromatic rings. The van der Waals surface area contributed by atoms with Crippen LogP contribution in [0.4, 0.5) is 5.69 Å². The van der Waals surface area contributed by atoms with Crippen molar-refractivity contribution >= 4 is 27.5 Å².